The Bertz CT molecular complexity index is 743. The fourth-order valence-electron chi connectivity index (χ4n) is 4.33. The summed E-state index contributed by atoms with van der Waals surface area (Å²) >= 11 is 0. The van der Waals surface area contributed by atoms with Gasteiger partial charge in [-0.05, 0) is 36.5 Å². The average Bonchev–Trinajstić information content (AvgIpc) is 2.97. The number of rotatable bonds is 6. The van der Waals surface area contributed by atoms with Crippen molar-refractivity contribution in [2.75, 3.05) is 26.7 Å². The Labute approximate surface area is 161 Å². The first kappa shape index (κ1) is 18.4. The van der Waals surface area contributed by atoms with Gasteiger partial charge in [0.25, 0.3) is 0 Å². The predicted molar refractivity (Wildman–Crippen MR) is 104 cm³/mol. The quantitative estimate of drug-likeness (QED) is 0.778. The zero-order chi connectivity index (χ0) is 18.8. The molecular formula is C21H30N4O2. The number of aromatic nitrogens is 2. The van der Waals surface area contributed by atoms with Crippen LogP contribution in [0.1, 0.15) is 50.0 Å². The minimum absolute atomic E-state index is 0.284. The molecule has 6 nitrogen and oxygen atoms in total. The molecule has 0 N–H and O–H groups in total. The van der Waals surface area contributed by atoms with Crippen LogP contribution in [-0.2, 0) is 13.1 Å². The lowest BCUT2D eigenvalue weighted by Crippen LogP contribution is -2.43. The van der Waals surface area contributed by atoms with E-state index in [9.17, 15) is 0 Å². The molecule has 0 aliphatic carbocycles. The van der Waals surface area contributed by atoms with Gasteiger partial charge in [0.1, 0.15) is 5.75 Å². The van der Waals surface area contributed by atoms with Gasteiger partial charge in [0.05, 0.1) is 13.7 Å². The molecule has 1 aromatic carbocycles. The fraction of sp³-hybridized carbons (Fsp3) is 0.619. The van der Waals surface area contributed by atoms with Crippen molar-refractivity contribution < 1.29 is 9.15 Å². The first-order chi connectivity index (χ1) is 13.1. The molecule has 3 saturated heterocycles. The highest BCUT2D eigenvalue weighted by Gasteiger charge is 2.35. The zero-order valence-electron chi connectivity index (χ0n) is 16.6. The highest BCUT2D eigenvalue weighted by atomic mass is 16.5. The van der Waals surface area contributed by atoms with E-state index in [4.69, 9.17) is 9.15 Å². The lowest BCUT2D eigenvalue weighted by molar-refractivity contribution is 0.111. The van der Waals surface area contributed by atoms with Crippen LogP contribution < -0.4 is 4.74 Å². The number of benzene rings is 1. The van der Waals surface area contributed by atoms with Gasteiger partial charge in [-0.1, -0.05) is 26.0 Å². The van der Waals surface area contributed by atoms with E-state index in [1.54, 1.807) is 7.11 Å². The van der Waals surface area contributed by atoms with Gasteiger partial charge in [-0.2, -0.15) is 0 Å². The van der Waals surface area contributed by atoms with E-state index in [-0.39, 0.29) is 5.92 Å². The van der Waals surface area contributed by atoms with Crippen LogP contribution in [0.15, 0.2) is 28.7 Å². The molecule has 3 aliphatic rings. The number of piperidine rings is 1. The van der Waals surface area contributed by atoms with Gasteiger partial charge < -0.3 is 9.15 Å². The maximum absolute atomic E-state index is 5.85. The Morgan fingerprint density at radius 1 is 1.07 bits per heavy atom. The summed E-state index contributed by atoms with van der Waals surface area (Å²) in [6.45, 7) is 9.35. The fourth-order valence-corrected chi connectivity index (χ4v) is 4.33. The molecule has 146 valence electrons. The summed E-state index contributed by atoms with van der Waals surface area (Å²) in [6, 6.07) is 9.02. The summed E-state index contributed by atoms with van der Waals surface area (Å²) in [5, 5.41) is 8.45. The van der Waals surface area contributed by atoms with E-state index in [2.05, 4.69) is 58.1 Å². The first-order valence-electron chi connectivity index (χ1n) is 10.0. The topological polar surface area (TPSA) is 54.6 Å². The van der Waals surface area contributed by atoms with E-state index < -0.39 is 0 Å². The Morgan fingerprint density at radius 2 is 1.89 bits per heavy atom. The second-order valence-corrected chi connectivity index (χ2v) is 8.26. The van der Waals surface area contributed by atoms with Crippen molar-refractivity contribution in [2.24, 2.45) is 5.92 Å². The zero-order valence-corrected chi connectivity index (χ0v) is 16.6. The number of methoxy groups -OCH3 is 1. The number of hydrogen-bond donors (Lipinski definition) is 0. The minimum atomic E-state index is 0.284. The second-order valence-electron chi connectivity index (χ2n) is 8.26. The molecule has 5 rings (SSSR count). The Balaban J connectivity index is 1.40. The SMILES string of the molecule is COc1ccc(CN2C[C@@H]3CC[C@H](C2)N(Cc2nnc(C(C)C)o2)C3)cc1. The molecule has 0 amide bonds. The second kappa shape index (κ2) is 7.98. The lowest BCUT2D eigenvalue weighted by Gasteiger charge is -2.35. The van der Waals surface area contributed by atoms with Crippen LogP contribution in [0.5, 0.6) is 5.75 Å². The van der Waals surface area contributed by atoms with Crippen molar-refractivity contribution in [1.82, 2.24) is 20.0 Å². The molecule has 6 heteroatoms. The van der Waals surface area contributed by atoms with Crippen molar-refractivity contribution in [2.45, 2.75) is 51.7 Å². The summed E-state index contributed by atoms with van der Waals surface area (Å²) in [7, 11) is 1.71. The molecular weight excluding hydrogens is 340 g/mol. The molecule has 4 heterocycles. The largest absolute Gasteiger partial charge is 0.497 e. The van der Waals surface area contributed by atoms with Crippen LogP contribution in [0.4, 0.5) is 0 Å². The molecule has 27 heavy (non-hydrogen) atoms. The molecule has 0 unspecified atom stereocenters. The predicted octanol–water partition coefficient (Wildman–Crippen LogP) is 3.30. The first-order valence-corrected chi connectivity index (χ1v) is 10.0. The molecule has 0 saturated carbocycles. The molecule has 2 aromatic rings. The van der Waals surface area contributed by atoms with Gasteiger partial charge in [-0.25, -0.2) is 0 Å². The molecule has 1 aromatic heterocycles. The van der Waals surface area contributed by atoms with Crippen LogP contribution in [0.3, 0.4) is 0 Å². The van der Waals surface area contributed by atoms with Gasteiger partial charge in [0, 0.05) is 38.1 Å². The number of fused-ring (bicyclic) bond motifs is 4. The lowest BCUT2D eigenvalue weighted by atomic mass is 9.95. The van der Waals surface area contributed by atoms with Gasteiger partial charge in [-0.3, -0.25) is 9.80 Å². The van der Waals surface area contributed by atoms with E-state index in [1.807, 2.05) is 0 Å². The minimum Gasteiger partial charge on any atom is -0.497 e. The summed E-state index contributed by atoms with van der Waals surface area (Å²) in [6.07, 6.45) is 2.58. The highest BCUT2D eigenvalue weighted by Crippen LogP contribution is 2.30. The van der Waals surface area contributed by atoms with Crippen LogP contribution in [0, 0.1) is 5.92 Å². The third-order valence-corrected chi connectivity index (χ3v) is 5.78. The maximum atomic E-state index is 5.85. The number of hydrogen-bond acceptors (Lipinski definition) is 6. The molecule has 3 aliphatic heterocycles. The third-order valence-electron chi connectivity index (χ3n) is 5.78. The molecule has 2 atom stereocenters. The summed E-state index contributed by atoms with van der Waals surface area (Å²) in [5.74, 6) is 3.42. The Morgan fingerprint density at radius 3 is 2.59 bits per heavy atom. The number of ether oxygens (including phenoxy) is 1. The number of nitrogens with zero attached hydrogens (tertiary/aromatic N) is 4. The van der Waals surface area contributed by atoms with Crippen LogP contribution in [0.25, 0.3) is 0 Å². The van der Waals surface area contributed by atoms with Crippen LogP contribution in [0.2, 0.25) is 0 Å². The molecule has 0 radical (unpaired) electrons. The molecule has 0 spiro atoms. The summed E-state index contributed by atoms with van der Waals surface area (Å²) in [5.41, 5.74) is 1.35. The van der Waals surface area contributed by atoms with Gasteiger partial charge in [0.15, 0.2) is 0 Å². The van der Waals surface area contributed by atoms with Crippen LogP contribution >= 0.6 is 0 Å². The monoisotopic (exact) mass is 370 g/mol. The average molecular weight is 370 g/mol. The van der Waals surface area contributed by atoms with Gasteiger partial charge in [-0.15, -0.1) is 10.2 Å². The standard InChI is InChI=1S/C21H30N4O2/c1-15(2)21-23-22-20(27-21)14-25-12-17-4-7-18(25)13-24(11-17)10-16-5-8-19(26-3)9-6-16/h5-6,8-9,15,17-18H,4,7,10-14H2,1-3H3/t17-,18+/m0/s1. The van der Waals surface area contributed by atoms with Crippen molar-refractivity contribution in [3.05, 3.63) is 41.6 Å². The van der Waals surface area contributed by atoms with E-state index in [1.165, 1.54) is 24.9 Å². The van der Waals surface area contributed by atoms with E-state index in [0.29, 0.717) is 6.04 Å². The maximum Gasteiger partial charge on any atom is 0.230 e. The Kier molecular flexibility index (Phi) is 5.45. The smallest absolute Gasteiger partial charge is 0.230 e. The summed E-state index contributed by atoms with van der Waals surface area (Å²) in [4.78, 5) is 5.16. The molecule has 2 bridgehead atoms. The van der Waals surface area contributed by atoms with E-state index >= 15 is 0 Å². The van der Waals surface area contributed by atoms with Gasteiger partial charge >= 0.3 is 0 Å². The highest BCUT2D eigenvalue weighted by molar-refractivity contribution is 5.27. The normalized spacial score (nSPS) is 23.7. The van der Waals surface area contributed by atoms with Crippen molar-refractivity contribution in [3.8, 4) is 5.75 Å². The Hall–Kier alpha value is -1.92. The third kappa shape index (κ3) is 4.33. The van der Waals surface area contributed by atoms with E-state index in [0.717, 1.165) is 49.6 Å². The van der Waals surface area contributed by atoms with Gasteiger partial charge in [0.2, 0.25) is 11.8 Å². The summed E-state index contributed by atoms with van der Waals surface area (Å²) < 4.78 is 11.1. The van der Waals surface area contributed by atoms with Crippen molar-refractivity contribution >= 4 is 0 Å². The van der Waals surface area contributed by atoms with Crippen molar-refractivity contribution in [1.29, 1.82) is 0 Å². The van der Waals surface area contributed by atoms with Crippen molar-refractivity contribution in [3.63, 3.8) is 0 Å². The molecule has 3 fully saturated rings. The van der Waals surface area contributed by atoms with Crippen LogP contribution in [-0.4, -0.2) is 52.8 Å².